The number of benzene rings is 1. The van der Waals surface area contributed by atoms with Crippen molar-refractivity contribution in [3.05, 3.63) is 58.7 Å². The van der Waals surface area contributed by atoms with Gasteiger partial charge in [0.25, 0.3) is 0 Å². The zero-order valence-corrected chi connectivity index (χ0v) is 24.4. The Morgan fingerprint density at radius 2 is 2.00 bits per heavy atom. The Balaban J connectivity index is 1.84. The van der Waals surface area contributed by atoms with Crippen LogP contribution in [-0.2, 0) is 14.3 Å². The summed E-state index contributed by atoms with van der Waals surface area (Å²) in [7, 11) is 0. The monoisotopic (exact) mass is 584 g/mol. The molecule has 0 bridgehead atoms. The standard InChI is InChI=1S/C29H37BrN4O4/c1-7-15-37-18-29(6)11-13-33(14-12-29)26-24(25(27(35)36)38-28(3,4)5)19(2)31-23-17-22(32-34(23)26)20-9-8-10-21(30)16-20/h7-10,16-17,25H,1,11-15,18H2,2-6H3,(H,35,36). The van der Waals surface area contributed by atoms with Gasteiger partial charge in [-0.3, -0.25) is 0 Å². The first-order valence-corrected chi connectivity index (χ1v) is 13.7. The van der Waals surface area contributed by atoms with Crippen LogP contribution in [-0.4, -0.2) is 57.6 Å². The maximum atomic E-state index is 12.6. The molecule has 1 aliphatic heterocycles. The van der Waals surface area contributed by atoms with E-state index in [0.29, 0.717) is 30.1 Å². The molecule has 0 saturated carbocycles. The van der Waals surface area contributed by atoms with Gasteiger partial charge in [0.2, 0.25) is 0 Å². The van der Waals surface area contributed by atoms with E-state index in [1.807, 2.05) is 58.0 Å². The number of rotatable bonds is 9. The lowest BCUT2D eigenvalue weighted by atomic mass is 9.81. The molecule has 9 heteroatoms. The average Bonchev–Trinajstić information content (AvgIpc) is 3.26. The Labute approximate surface area is 232 Å². The van der Waals surface area contributed by atoms with E-state index in [1.54, 1.807) is 10.6 Å². The molecule has 1 fully saturated rings. The number of aliphatic carboxylic acids is 1. The van der Waals surface area contributed by atoms with Gasteiger partial charge >= 0.3 is 5.97 Å². The molecule has 1 N–H and O–H groups in total. The lowest BCUT2D eigenvalue weighted by Gasteiger charge is -2.41. The van der Waals surface area contributed by atoms with Crippen molar-refractivity contribution in [2.24, 2.45) is 5.41 Å². The fourth-order valence-corrected chi connectivity index (χ4v) is 5.29. The highest BCUT2D eigenvalue weighted by Gasteiger charge is 2.37. The second-order valence-electron chi connectivity index (χ2n) is 11.3. The largest absolute Gasteiger partial charge is 0.479 e. The van der Waals surface area contributed by atoms with E-state index in [-0.39, 0.29) is 5.41 Å². The van der Waals surface area contributed by atoms with E-state index in [9.17, 15) is 9.90 Å². The topological polar surface area (TPSA) is 89.2 Å². The van der Waals surface area contributed by atoms with Crippen molar-refractivity contribution in [1.29, 1.82) is 0 Å². The third-order valence-corrected chi connectivity index (χ3v) is 7.33. The van der Waals surface area contributed by atoms with Crippen LogP contribution in [0.4, 0.5) is 5.82 Å². The second-order valence-corrected chi connectivity index (χ2v) is 12.2. The van der Waals surface area contributed by atoms with Gasteiger partial charge in [-0.1, -0.05) is 41.1 Å². The zero-order valence-electron chi connectivity index (χ0n) is 22.8. The van der Waals surface area contributed by atoms with Gasteiger partial charge in [-0.25, -0.2) is 9.78 Å². The highest BCUT2D eigenvalue weighted by molar-refractivity contribution is 9.10. The number of nitrogens with zero attached hydrogens (tertiary/aromatic N) is 4. The number of carboxylic acid groups (broad SMARTS) is 1. The Morgan fingerprint density at radius 1 is 1.29 bits per heavy atom. The number of piperidine rings is 1. The number of aromatic nitrogens is 3. The maximum absolute atomic E-state index is 12.6. The van der Waals surface area contributed by atoms with Gasteiger partial charge in [-0.2, -0.15) is 9.61 Å². The lowest BCUT2D eigenvalue weighted by Crippen LogP contribution is -2.43. The Hall–Kier alpha value is -2.75. The van der Waals surface area contributed by atoms with E-state index >= 15 is 0 Å². The minimum atomic E-state index is -1.19. The van der Waals surface area contributed by atoms with Crippen LogP contribution >= 0.6 is 15.9 Å². The number of carboxylic acids is 1. The highest BCUT2D eigenvalue weighted by atomic mass is 79.9. The number of hydrogen-bond donors (Lipinski definition) is 1. The van der Waals surface area contributed by atoms with Gasteiger partial charge in [0, 0.05) is 34.9 Å². The number of anilines is 1. The number of carbonyl (C=O) groups is 1. The third-order valence-electron chi connectivity index (χ3n) is 6.84. The normalized spacial score (nSPS) is 16.5. The van der Waals surface area contributed by atoms with Crippen molar-refractivity contribution in [2.75, 3.05) is 31.2 Å². The summed E-state index contributed by atoms with van der Waals surface area (Å²) in [6, 6.07) is 9.88. The van der Waals surface area contributed by atoms with Crippen LogP contribution < -0.4 is 4.90 Å². The fourth-order valence-electron chi connectivity index (χ4n) is 4.89. The number of fused-ring (bicyclic) bond motifs is 1. The van der Waals surface area contributed by atoms with Crippen molar-refractivity contribution in [2.45, 2.75) is 59.2 Å². The van der Waals surface area contributed by atoms with Crippen molar-refractivity contribution in [1.82, 2.24) is 14.6 Å². The molecule has 3 aromatic rings. The summed E-state index contributed by atoms with van der Waals surface area (Å²) in [6.07, 6.45) is 2.36. The van der Waals surface area contributed by atoms with Crippen molar-refractivity contribution < 1.29 is 19.4 Å². The number of aryl methyl sites for hydroxylation is 1. The Kier molecular flexibility index (Phi) is 8.30. The van der Waals surface area contributed by atoms with Crippen LogP contribution in [0.2, 0.25) is 0 Å². The molecule has 0 aliphatic carbocycles. The lowest BCUT2D eigenvalue weighted by molar-refractivity contribution is -0.160. The SMILES string of the molecule is C=CCOCC1(C)CCN(c2c(C(OC(C)(C)C)C(=O)O)c(C)nc3cc(-c4cccc(Br)c4)nn23)CC1. The van der Waals surface area contributed by atoms with E-state index in [0.717, 1.165) is 47.5 Å². The van der Waals surface area contributed by atoms with E-state index in [2.05, 4.69) is 34.3 Å². The van der Waals surface area contributed by atoms with Crippen molar-refractivity contribution in [3.63, 3.8) is 0 Å². The van der Waals surface area contributed by atoms with Crippen LogP contribution in [0.15, 0.2) is 47.5 Å². The van der Waals surface area contributed by atoms with Gasteiger partial charge in [-0.15, -0.1) is 6.58 Å². The maximum Gasteiger partial charge on any atom is 0.337 e. The first-order valence-electron chi connectivity index (χ1n) is 12.9. The molecule has 8 nitrogen and oxygen atoms in total. The fraction of sp³-hybridized carbons (Fsp3) is 0.483. The Morgan fingerprint density at radius 3 is 2.61 bits per heavy atom. The molecule has 0 radical (unpaired) electrons. The predicted octanol–water partition coefficient (Wildman–Crippen LogP) is 6.22. The van der Waals surface area contributed by atoms with Crippen LogP contribution in [0, 0.1) is 12.3 Å². The van der Waals surface area contributed by atoms with Gasteiger partial charge in [0.1, 0.15) is 5.82 Å². The summed E-state index contributed by atoms with van der Waals surface area (Å²) >= 11 is 3.54. The van der Waals surface area contributed by atoms with E-state index in [4.69, 9.17) is 19.6 Å². The van der Waals surface area contributed by atoms with Crippen molar-refractivity contribution >= 4 is 33.4 Å². The molecule has 1 unspecified atom stereocenters. The summed E-state index contributed by atoms with van der Waals surface area (Å²) < 4.78 is 14.7. The third kappa shape index (κ3) is 6.27. The molecular weight excluding hydrogens is 548 g/mol. The predicted molar refractivity (Wildman–Crippen MR) is 153 cm³/mol. The van der Waals surface area contributed by atoms with E-state index < -0.39 is 17.7 Å². The minimum absolute atomic E-state index is 0.0283. The van der Waals surface area contributed by atoms with E-state index in [1.165, 1.54) is 0 Å². The molecule has 1 saturated heterocycles. The molecule has 204 valence electrons. The highest BCUT2D eigenvalue weighted by Crippen LogP contribution is 2.39. The molecule has 4 rings (SSSR count). The summed E-state index contributed by atoms with van der Waals surface area (Å²) in [6.45, 7) is 16.1. The molecule has 0 amide bonds. The quantitative estimate of drug-likeness (QED) is 0.236. The number of hydrogen-bond acceptors (Lipinski definition) is 6. The molecule has 1 aromatic carbocycles. The summed E-state index contributed by atoms with van der Waals surface area (Å²) in [5.41, 5.74) is 2.89. The number of halogens is 1. The molecule has 1 aliphatic rings. The summed E-state index contributed by atoms with van der Waals surface area (Å²) in [4.78, 5) is 19.6. The van der Waals surface area contributed by atoms with Gasteiger partial charge < -0.3 is 19.5 Å². The molecule has 1 atom stereocenters. The van der Waals surface area contributed by atoms with Crippen LogP contribution in [0.3, 0.4) is 0 Å². The van der Waals surface area contributed by atoms with Crippen LogP contribution in [0.5, 0.6) is 0 Å². The van der Waals surface area contributed by atoms with Crippen LogP contribution in [0.1, 0.15) is 57.9 Å². The second kappa shape index (κ2) is 11.2. The van der Waals surface area contributed by atoms with Gasteiger partial charge in [0.15, 0.2) is 11.8 Å². The average molecular weight is 586 g/mol. The molecular formula is C29H37BrN4O4. The zero-order chi connectivity index (χ0) is 27.7. The van der Waals surface area contributed by atoms with Gasteiger partial charge in [0.05, 0.1) is 30.1 Å². The minimum Gasteiger partial charge on any atom is -0.479 e. The molecule has 38 heavy (non-hydrogen) atoms. The van der Waals surface area contributed by atoms with Gasteiger partial charge in [-0.05, 0) is 58.1 Å². The summed E-state index contributed by atoms with van der Waals surface area (Å²) in [5, 5.41) is 15.2. The molecule has 2 aromatic heterocycles. The summed E-state index contributed by atoms with van der Waals surface area (Å²) in [5.74, 6) is -0.330. The molecule has 3 heterocycles. The number of ether oxygens (including phenoxy) is 2. The van der Waals surface area contributed by atoms with Crippen molar-refractivity contribution in [3.8, 4) is 11.3 Å². The first-order chi connectivity index (χ1) is 17.9. The first kappa shape index (κ1) is 28.3. The van der Waals surface area contributed by atoms with Crippen LogP contribution in [0.25, 0.3) is 16.9 Å². The smallest absolute Gasteiger partial charge is 0.337 e. The Bertz CT molecular complexity index is 1320. The molecule has 0 spiro atoms.